The van der Waals surface area contributed by atoms with Gasteiger partial charge < -0.3 is 10.1 Å². The lowest BCUT2D eigenvalue weighted by Gasteiger charge is -2.21. The minimum atomic E-state index is 0.814. The van der Waals surface area contributed by atoms with Crippen LogP contribution >= 0.6 is 0 Å². The van der Waals surface area contributed by atoms with Crippen LogP contribution in [0.3, 0.4) is 0 Å². The van der Waals surface area contributed by atoms with Crippen LogP contribution in [-0.4, -0.2) is 39.7 Å². The molecule has 0 bridgehead atoms. The number of nitrogens with one attached hydrogen (secondary N) is 1. The minimum Gasteiger partial charge on any atom is -0.381 e. The first kappa shape index (κ1) is 15.9. The summed E-state index contributed by atoms with van der Waals surface area (Å²) in [5.74, 6) is 1.69. The normalized spacial score (nSPS) is 15.7. The SMILES string of the molecule is CCNc1cc(-c2cn(CCCC3CCOCC3)nn2)ccn1. The van der Waals surface area contributed by atoms with E-state index in [4.69, 9.17) is 4.74 Å². The van der Waals surface area contributed by atoms with Gasteiger partial charge in [0.15, 0.2) is 0 Å². The first-order valence-electron chi connectivity index (χ1n) is 8.53. The third kappa shape index (κ3) is 4.51. The zero-order chi connectivity index (χ0) is 15.9. The van der Waals surface area contributed by atoms with Crippen LogP contribution in [0.25, 0.3) is 11.3 Å². The summed E-state index contributed by atoms with van der Waals surface area (Å²) in [6, 6.07) is 3.98. The molecule has 0 unspecified atom stereocenters. The van der Waals surface area contributed by atoms with Crippen LogP contribution in [0, 0.1) is 5.92 Å². The molecule has 0 amide bonds. The van der Waals surface area contributed by atoms with Crippen molar-refractivity contribution in [3.8, 4) is 11.3 Å². The Morgan fingerprint density at radius 2 is 2.22 bits per heavy atom. The predicted molar refractivity (Wildman–Crippen MR) is 90.2 cm³/mol. The molecular weight excluding hydrogens is 290 g/mol. The summed E-state index contributed by atoms with van der Waals surface area (Å²) in [6.45, 7) is 5.69. The van der Waals surface area contributed by atoms with Crippen molar-refractivity contribution in [3.63, 3.8) is 0 Å². The van der Waals surface area contributed by atoms with Gasteiger partial charge in [-0.3, -0.25) is 4.68 Å². The van der Waals surface area contributed by atoms with Gasteiger partial charge in [0.05, 0.1) is 6.20 Å². The number of hydrogen-bond acceptors (Lipinski definition) is 5. The molecule has 23 heavy (non-hydrogen) atoms. The second-order valence-electron chi connectivity index (χ2n) is 6.02. The Morgan fingerprint density at radius 1 is 1.35 bits per heavy atom. The fraction of sp³-hybridized carbons (Fsp3) is 0.588. The van der Waals surface area contributed by atoms with Gasteiger partial charge in [-0.25, -0.2) is 4.98 Å². The van der Waals surface area contributed by atoms with Gasteiger partial charge in [-0.1, -0.05) is 5.21 Å². The van der Waals surface area contributed by atoms with E-state index in [-0.39, 0.29) is 0 Å². The second kappa shape index (κ2) is 8.06. The molecule has 1 aliphatic heterocycles. The highest BCUT2D eigenvalue weighted by Gasteiger charge is 2.13. The summed E-state index contributed by atoms with van der Waals surface area (Å²) in [5.41, 5.74) is 1.95. The number of rotatable bonds is 7. The van der Waals surface area contributed by atoms with E-state index in [9.17, 15) is 0 Å². The fourth-order valence-electron chi connectivity index (χ4n) is 2.98. The lowest BCUT2D eigenvalue weighted by Crippen LogP contribution is -2.16. The number of nitrogens with zero attached hydrogens (tertiary/aromatic N) is 4. The average Bonchev–Trinajstić information content (AvgIpc) is 3.05. The van der Waals surface area contributed by atoms with Crippen molar-refractivity contribution in [1.29, 1.82) is 0 Å². The molecule has 3 rings (SSSR count). The molecule has 3 heterocycles. The van der Waals surface area contributed by atoms with E-state index in [2.05, 4.69) is 27.5 Å². The van der Waals surface area contributed by atoms with E-state index < -0.39 is 0 Å². The molecule has 2 aromatic heterocycles. The van der Waals surface area contributed by atoms with E-state index in [1.807, 2.05) is 23.0 Å². The van der Waals surface area contributed by atoms with Crippen LogP contribution in [0.4, 0.5) is 5.82 Å². The molecule has 1 saturated heterocycles. The topological polar surface area (TPSA) is 64.9 Å². The monoisotopic (exact) mass is 315 g/mol. The Bertz CT molecular complexity index is 607. The Hall–Kier alpha value is -1.95. The summed E-state index contributed by atoms with van der Waals surface area (Å²) < 4.78 is 7.35. The second-order valence-corrected chi connectivity index (χ2v) is 6.02. The maximum atomic E-state index is 5.41. The van der Waals surface area contributed by atoms with Crippen molar-refractivity contribution < 1.29 is 4.74 Å². The molecule has 0 atom stereocenters. The molecule has 1 N–H and O–H groups in total. The largest absolute Gasteiger partial charge is 0.381 e. The summed E-state index contributed by atoms with van der Waals surface area (Å²) in [5, 5.41) is 11.8. The molecule has 1 fully saturated rings. The molecule has 2 aromatic rings. The molecule has 0 spiro atoms. The number of anilines is 1. The zero-order valence-corrected chi connectivity index (χ0v) is 13.7. The molecule has 6 heteroatoms. The molecule has 0 aliphatic carbocycles. The molecule has 124 valence electrons. The van der Waals surface area contributed by atoms with Gasteiger partial charge in [0.25, 0.3) is 0 Å². The first-order valence-corrected chi connectivity index (χ1v) is 8.53. The van der Waals surface area contributed by atoms with Crippen molar-refractivity contribution in [1.82, 2.24) is 20.0 Å². The predicted octanol–water partition coefficient (Wildman–Crippen LogP) is 2.98. The van der Waals surface area contributed by atoms with Crippen molar-refractivity contribution in [2.45, 2.75) is 39.2 Å². The van der Waals surface area contributed by atoms with E-state index in [0.717, 1.165) is 55.7 Å². The van der Waals surface area contributed by atoms with Gasteiger partial charge in [0, 0.05) is 38.1 Å². The van der Waals surface area contributed by atoms with Gasteiger partial charge in [-0.2, -0.15) is 0 Å². The van der Waals surface area contributed by atoms with Gasteiger partial charge in [0.1, 0.15) is 11.5 Å². The van der Waals surface area contributed by atoms with Gasteiger partial charge in [-0.05, 0) is 50.7 Å². The Balaban J connectivity index is 1.54. The van der Waals surface area contributed by atoms with E-state index in [0.29, 0.717) is 0 Å². The van der Waals surface area contributed by atoms with Crippen molar-refractivity contribution >= 4 is 5.82 Å². The van der Waals surface area contributed by atoms with Crippen molar-refractivity contribution in [3.05, 3.63) is 24.5 Å². The Labute approximate surface area is 137 Å². The number of pyridine rings is 1. The number of aromatic nitrogens is 4. The molecule has 1 aliphatic rings. The Morgan fingerprint density at radius 3 is 3.04 bits per heavy atom. The lowest BCUT2D eigenvalue weighted by atomic mass is 9.95. The van der Waals surface area contributed by atoms with Crippen LogP contribution in [0.5, 0.6) is 0 Å². The molecule has 0 saturated carbocycles. The van der Waals surface area contributed by atoms with Crippen LogP contribution < -0.4 is 5.32 Å². The van der Waals surface area contributed by atoms with Gasteiger partial charge >= 0.3 is 0 Å². The van der Waals surface area contributed by atoms with Gasteiger partial charge in [0.2, 0.25) is 0 Å². The third-order valence-corrected chi connectivity index (χ3v) is 4.29. The van der Waals surface area contributed by atoms with Crippen LogP contribution in [-0.2, 0) is 11.3 Å². The maximum absolute atomic E-state index is 5.41. The highest BCUT2D eigenvalue weighted by molar-refractivity contribution is 5.61. The van der Waals surface area contributed by atoms with E-state index >= 15 is 0 Å². The van der Waals surface area contributed by atoms with E-state index in [1.54, 1.807) is 6.20 Å². The fourth-order valence-corrected chi connectivity index (χ4v) is 2.98. The van der Waals surface area contributed by atoms with Crippen LogP contribution in [0.2, 0.25) is 0 Å². The number of ether oxygens (including phenoxy) is 1. The lowest BCUT2D eigenvalue weighted by molar-refractivity contribution is 0.0629. The molecule has 0 aromatic carbocycles. The number of aryl methyl sites for hydroxylation is 1. The van der Waals surface area contributed by atoms with Crippen LogP contribution in [0.1, 0.15) is 32.6 Å². The Kier molecular flexibility index (Phi) is 5.58. The van der Waals surface area contributed by atoms with Crippen molar-refractivity contribution in [2.24, 2.45) is 5.92 Å². The zero-order valence-electron chi connectivity index (χ0n) is 13.7. The minimum absolute atomic E-state index is 0.814. The highest BCUT2D eigenvalue weighted by Crippen LogP contribution is 2.21. The smallest absolute Gasteiger partial charge is 0.126 e. The van der Waals surface area contributed by atoms with E-state index in [1.165, 1.54) is 19.3 Å². The molecule has 0 radical (unpaired) electrons. The summed E-state index contributed by atoms with van der Waals surface area (Å²) in [6.07, 6.45) is 8.62. The van der Waals surface area contributed by atoms with Crippen LogP contribution in [0.15, 0.2) is 24.5 Å². The molecular formula is C17H25N5O. The molecule has 6 nitrogen and oxygen atoms in total. The van der Waals surface area contributed by atoms with Gasteiger partial charge in [-0.15, -0.1) is 5.10 Å². The quantitative estimate of drug-likeness (QED) is 0.851. The highest BCUT2D eigenvalue weighted by atomic mass is 16.5. The maximum Gasteiger partial charge on any atom is 0.126 e. The summed E-state index contributed by atoms with van der Waals surface area (Å²) in [7, 11) is 0. The first-order chi connectivity index (χ1) is 11.3. The summed E-state index contributed by atoms with van der Waals surface area (Å²) in [4.78, 5) is 4.29. The standard InChI is InChI=1S/C17H25N5O/c1-2-18-17-12-15(5-8-19-17)16-13-22(21-20-16)9-3-4-14-6-10-23-11-7-14/h5,8,12-14H,2-4,6-7,9-11H2,1H3,(H,18,19). The van der Waals surface area contributed by atoms with Crippen molar-refractivity contribution in [2.75, 3.05) is 25.1 Å². The summed E-state index contributed by atoms with van der Waals surface area (Å²) >= 11 is 0. The average molecular weight is 315 g/mol. The third-order valence-electron chi connectivity index (χ3n) is 4.29. The number of hydrogen-bond donors (Lipinski definition) is 1.